The maximum Gasteiger partial charge on any atom is 0.150 e. The Labute approximate surface area is 100 Å². The van der Waals surface area contributed by atoms with Gasteiger partial charge in [0.25, 0.3) is 0 Å². The van der Waals surface area contributed by atoms with Crippen molar-refractivity contribution in [3.8, 4) is 6.07 Å². The van der Waals surface area contributed by atoms with Crippen LogP contribution in [0, 0.1) is 18.3 Å². The number of nitrogens with zero attached hydrogens (tertiary/aromatic N) is 2. The zero-order valence-electron chi connectivity index (χ0n) is 9.60. The van der Waals surface area contributed by atoms with Gasteiger partial charge in [0.15, 0.2) is 0 Å². The summed E-state index contributed by atoms with van der Waals surface area (Å²) in [6.07, 6.45) is 2.30. The van der Waals surface area contributed by atoms with Crippen molar-refractivity contribution in [1.82, 2.24) is 0 Å². The van der Waals surface area contributed by atoms with Gasteiger partial charge in [0.05, 0.1) is 0 Å². The molecule has 0 bridgehead atoms. The SMILES string of the molecule is C=C(C#N)N=CC(=C)c1ccc(C=O)c(C)c1. The molecule has 0 heterocycles. The highest BCUT2D eigenvalue weighted by atomic mass is 16.1. The van der Waals surface area contributed by atoms with Gasteiger partial charge >= 0.3 is 0 Å². The third-order valence-corrected chi connectivity index (χ3v) is 2.27. The zero-order valence-corrected chi connectivity index (χ0v) is 9.60. The minimum absolute atomic E-state index is 0.132. The van der Waals surface area contributed by atoms with Gasteiger partial charge in [0.1, 0.15) is 18.1 Å². The summed E-state index contributed by atoms with van der Waals surface area (Å²) in [5.41, 5.74) is 3.20. The molecule has 3 heteroatoms. The number of carbonyl (C=O) groups excluding carboxylic acids is 1. The Hall–Kier alpha value is -2.47. The monoisotopic (exact) mass is 224 g/mol. The van der Waals surface area contributed by atoms with Crippen LogP contribution in [0.3, 0.4) is 0 Å². The van der Waals surface area contributed by atoms with Crippen LogP contribution in [0.4, 0.5) is 0 Å². The lowest BCUT2D eigenvalue weighted by molar-refractivity contribution is 0.112. The fraction of sp³-hybridized carbons (Fsp3) is 0.0714. The molecule has 0 amide bonds. The molecule has 0 fully saturated rings. The Morgan fingerprint density at radius 2 is 2.18 bits per heavy atom. The van der Waals surface area contributed by atoms with Gasteiger partial charge in [0.2, 0.25) is 0 Å². The molecule has 1 aromatic carbocycles. The number of rotatable bonds is 4. The Kier molecular flexibility index (Phi) is 4.13. The first-order valence-electron chi connectivity index (χ1n) is 4.96. The maximum atomic E-state index is 10.7. The van der Waals surface area contributed by atoms with Crippen LogP contribution in [0.2, 0.25) is 0 Å². The van der Waals surface area contributed by atoms with Crippen molar-refractivity contribution < 1.29 is 4.79 Å². The van der Waals surface area contributed by atoms with Gasteiger partial charge in [-0.15, -0.1) is 0 Å². The van der Waals surface area contributed by atoms with Crippen LogP contribution in [0.15, 0.2) is 42.0 Å². The fourth-order valence-corrected chi connectivity index (χ4v) is 1.27. The van der Waals surface area contributed by atoms with E-state index in [-0.39, 0.29) is 5.70 Å². The molecule has 0 aromatic heterocycles. The lowest BCUT2D eigenvalue weighted by Gasteiger charge is -2.03. The van der Waals surface area contributed by atoms with Crippen LogP contribution in [0.5, 0.6) is 0 Å². The third kappa shape index (κ3) is 3.25. The number of benzene rings is 1. The first-order chi connectivity index (χ1) is 8.08. The molecule has 0 unspecified atom stereocenters. The van der Waals surface area contributed by atoms with Gasteiger partial charge in [-0.1, -0.05) is 31.4 Å². The molecule has 3 nitrogen and oxygen atoms in total. The molecule has 1 aromatic rings. The van der Waals surface area contributed by atoms with Crippen molar-refractivity contribution in [2.45, 2.75) is 6.92 Å². The van der Waals surface area contributed by atoms with E-state index >= 15 is 0 Å². The van der Waals surface area contributed by atoms with E-state index in [4.69, 9.17) is 5.26 Å². The molecular weight excluding hydrogens is 212 g/mol. The highest BCUT2D eigenvalue weighted by Gasteiger charge is 2.00. The minimum Gasteiger partial charge on any atom is -0.298 e. The predicted octanol–water partition coefficient (Wildman–Crippen LogP) is 2.93. The Morgan fingerprint density at radius 3 is 2.71 bits per heavy atom. The number of allylic oxidation sites excluding steroid dienone is 2. The quantitative estimate of drug-likeness (QED) is 0.448. The number of nitriles is 1. The van der Waals surface area contributed by atoms with Crippen LogP contribution in [0.1, 0.15) is 21.5 Å². The molecule has 0 spiro atoms. The molecular formula is C14H12N2O. The summed E-state index contributed by atoms with van der Waals surface area (Å²) in [6.45, 7) is 9.13. The van der Waals surface area contributed by atoms with E-state index in [1.54, 1.807) is 12.1 Å². The first kappa shape index (κ1) is 12.6. The number of aliphatic imine (C=N–C) groups is 1. The summed E-state index contributed by atoms with van der Waals surface area (Å²) >= 11 is 0. The van der Waals surface area contributed by atoms with E-state index in [2.05, 4.69) is 18.2 Å². The second-order valence-electron chi connectivity index (χ2n) is 3.53. The van der Waals surface area contributed by atoms with Gasteiger partial charge in [-0.25, -0.2) is 4.99 Å². The lowest BCUT2D eigenvalue weighted by atomic mass is 10.0. The predicted molar refractivity (Wildman–Crippen MR) is 68.8 cm³/mol. The van der Waals surface area contributed by atoms with E-state index in [1.165, 1.54) is 6.21 Å². The molecule has 0 saturated carbocycles. The summed E-state index contributed by atoms with van der Waals surface area (Å²) < 4.78 is 0. The number of hydrogen-bond donors (Lipinski definition) is 0. The second-order valence-corrected chi connectivity index (χ2v) is 3.53. The van der Waals surface area contributed by atoms with Crippen molar-refractivity contribution in [2.75, 3.05) is 0 Å². The van der Waals surface area contributed by atoms with Crippen LogP contribution < -0.4 is 0 Å². The summed E-state index contributed by atoms with van der Waals surface area (Å²) in [4.78, 5) is 14.5. The summed E-state index contributed by atoms with van der Waals surface area (Å²) in [6, 6.07) is 7.20. The smallest absolute Gasteiger partial charge is 0.150 e. The van der Waals surface area contributed by atoms with E-state index in [9.17, 15) is 4.79 Å². The molecule has 0 radical (unpaired) electrons. The summed E-state index contributed by atoms with van der Waals surface area (Å²) in [5, 5.41) is 8.50. The average Bonchev–Trinajstić information content (AvgIpc) is 2.35. The molecule has 84 valence electrons. The molecule has 0 aliphatic rings. The topological polar surface area (TPSA) is 53.2 Å². The van der Waals surface area contributed by atoms with Crippen molar-refractivity contribution in [2.24, 2.45) is 4.99 Å². The first-order valence-corrected chi connectivity index (χ1v) is 4.96. The number of aldehydes is 1. The van der Waals surface area contributed by atoms with E-state index in [0.29, 0.717) is 11.1 Å². The molecule has 0 aliphatic carbocycles. The standard InChI is InChI=1S/C14H12N2O/c1-10-6-13(4-5-14(10)9-17)11(2)8-16-12(3)7-15/h4-6,8-9H,2-3H2,1H3. The number of aryl methyl sites for hydroxylation is 1. The minimum atomic E-state index is 0.132. The Balaban J connectivity index is 2.95. The average molecular weight is 224 g/mol. The van der Waals surface area contributed by atoms with Gasteiger partial charge in [0, 0.05) is 11.8 Å². The molecule has 17 heavy (non-hydrogen) atoms. The van der Waals surface area contributed by atoms with Crippen LogP contribution in [-0.2, 0) is 0 Å². The van der Waals surface area contributed by atoms with E-state index in [0.717, 1.165) is 17.4 Å². The fourth-order valence-electron chi connectivity index (χ4n) is 1.27. The molecule has 0 saturated heterocycles. The molecule has 0 aliphatic heterocycles. The van der Waals surface area contributed by atoms with Crippen molar-refractivity contribution in [3.05, 3.63) is 53.7 Å². The number of carbonyl (C=O) groups is 1. The van der Waals surface area contributed by atoms with Crippen LogP contribution in [-0.4, -0.2) is 12.5 Å². The van der Waals surface area contributed by atoms with E-state index in [1.807, 2.05) is 19.1 Å². The van der Waals surface area contributed by atoms with Crippen LogP contribution >= 0.6 is 0 Å². The summed E-state index contributed by atoms with van der Waals surface area (Å²) in [5.74, 6) is 0. The van der Waals surface area contributed by atoms with Crippen LogP contribution in [0.25, 0.3) is 5.57 Å². The number of hydrogen-bond acceptors (Lipinski definition) is 3. The molecule has 0 atom stereocenters. The summed E-state index contributed by atoms with van der Waals surface area (Å²) in [7, 11) is 0. The molecule has 1 rings (SSSR count). The van der Waals surface area contributed by atoms with Gasteiger partial charge < -0.3 is 0 Å². The molecule has 0 N–H and O–H groups in total. The lowest BCUT2D eigenvalue weighted by Crippen LogP contribution is -1.90. The largest absolute Gasteiger partial charge is 0.298 e. The van der Waals surface area contributed by atoms with Crippen molar-refractivity contribution >= 4 is 18.1 Å². The van der Waals surface area contributed by atoms with Gasteiger partial charge in [-0.05, 0) is 23.6 Å². The Morgan fingerprint density at radius 1 is 1.47 bits per heavy atom. The third-order valence-electron chi connectivity index (χ3n) is 2.27. The highest BCUT2D eigenvalue weighted by molar-refractivity contribution is 6.09. The van der Waals surface area contributed by atoms with Gasteiger partial charge in [-0.3, -0.25) is 4.79 Å². The van der Waals surface area contributed by atoms with Crippen molar-refractivity contribution in [1.29, 1.82) is 5.26 Å². The normalized spacial score (nSPS) is 9.88. The zero-order chi connectivity index (χ0) is 12.8. The van der Waals surface area contributed by atoms with E-state index < -0.39 is 0 Å². The van der Waals surface area contributed by atoms with Crippen molar-refractivity contribution in [3.63, 3.8) is 0 Å². The van der Waals surface area contributed by atoms with Gasteiger partial charge in [-0.2, -0.15) is 5.26 Å². The second kappa shape index (κ2) is 5.57. The Bertz CT molecular complexity index is 548. The highest BCUT2D eigenvalue weighted by Crippen LogP contribution is 2.15. The maximum absolute atomic E-state index is 10.7.